The van der Waals surface area contributed by atoms with E-state index in [9.17, 15) is 4.39 Å². The number of rotatable bonds is 0. The normalized spacial score (nSPS) is 18.5. The third-order valence-corrected chi connectivity index (χ3v) is 1.65. The summed E-state index contributed by atoms with van der Waals surface area (Å²) in [6.07, 6.45) is 6.66. The summed E-state index contributed by atoms with van der Waals surface area (Å²) < 4.78 is 10.4. The molecule has 66 valence electrons. The largest absolute Gasteiger partial charge is 0.328 e. The van der Waals surface area contributed by atoms with Gasteiger partial charge in [-0.05, 0) is 12.8 Å². The van der Waals surface area contributed by atoms with Crippen molar-refractivity contribution < 1.29 is 9.18 Å². The Kier molecular flexibility index (Phi) is 6.03. The summed E-state index contributed by atoms with van der Waals surface area (Å²) in [5.41, 5.74) is 5.63. The van der Waals surface area contributed by atoms with E-state index in [2.05, 4.69) is 0 Å². The van der Waals surface area contributed by atoms with E-state index in [1.165, 1.54) is 32.1 Å². The smallest absolute Gasteiger partial charge is 0.298 e. The first-order chi connectivity index (χ1) is 5.13. The maximum atomic E-state index is 10.4. The lowest BCUT2D eigenvalue weighted by Gasteiger charge is -2.15. The number of hydrogen-bond donors (Lipinski definition) is 1. The van der Waals surface area contributed by atoms with Crippen molar-refractivity contribution in [3.63, 3.8) is 0 Å². The summed E-state index contributed by atoms with van der Waals surface area (Å²) in [4.78, 5) is 8.78. The molecule has 3 heteroatoms. The molecular formula is C8H16FNO. The maximum Gasteiger partial charge on any atom is 0.298 e. The molecule has 1 aliphatic rings. The molecule has 0 aromatic rings. The summed E-state index contributed by atoms with van der Waals surface area (Å²) >= 11 is 0. The second kappa shape index (κ2) is 6.28. The minimum Gasteiger partial charge on any atom is -0.328 e. The van der Waals surface area contributed by atoms with Crippen molar-refractivity contribution in [1.29, 1.82) is 0 Å². The van der Waals surface area contributed by atoms with Crippen molar-refractivity contribution in [2.24, 2.45) is 5.73 Å². The molecule has 0 spiro atoms. The fraction of sp³-hybridized carbons (Fsp3) is 0.875. The molecule has 1 fully saturated rings. The lowest BCUT2D eigenvalue weighted by molar-refractivity contribution is -0.126. The van der Waals surface area contributed by atoms with E-state index < -0.39 is 6.04 Å². The quantitative estimate of drug-likeness (QED) is 0.550. The molecule has 0 amide bonds. The molecule has 0 radical (unpaired) electrons. The first-order valence-electron chi connectivity index (χ1n) is 4.04. The molecule has 2 nitrogen and oxygen atoms in total. The van der Waals surface area contributed by atoms with Gasteiger partial charge in [-0.2, -0.15) is 4.39 Å². The summed E-state index contributed by atoms with van der Waals surface area (Å²) in [5, 5.41) is 0. The molecule has 0 saturated heterocycles. The van der Waals surface area contributed by atoms with Gasteiger partial charge in [-0.25, -0.2) is 0 Å². The SMILES string of the molecule is CC(=O)F.NC1CCCCC1. The first kappa shape index (κ1) is 10.6. The first-order valence-corrected chi connectivity index (χ1v) is 4.04. The fourth-order valence-corrected chi connectivity index (χ4v) is 1.13. The van der Waals surface area contributed by atoms with Crippen molar-refractivity contribution in [3.8, 4) is 0 Å². The minimum atomic E-state index is -1.33. The molecule has 1 saturated carbocycles. The van der Waals surface area contributed by atoms with Crippen LogP contribution in [0, 0.1) is 0 Å². The summed E-state index contributed by atoms with van der Waals surface area (Å²) in [5.74, 6) is 0. The summed E-state index contributed by atoms with van der Waals surface area (Å²) in [7, 11) is 0. The predicted molar refractivity (Wildman–Crippen MR) is 42.8 cm³/mol. The molecule has 1 rings (SSSR count). The van der Waals surface area contributed by atoms with Crippen LogP contribution in [-0.2, 0) is 4.79 Å². The van der Waals surface area contributed by atoms with Crippen LogP contribution in [0.3, 0.4) is 0 Å². The number of nitrogens with two attached hydrogens (primary N) is 1. The molecule has 2 N–H and O–H groups in total. The van der Waals surface area contributed by atoms with Crippen LogP contribution in [0.5, 0.6) is 0 Å². The van der Waals surface area contributed by atoms with Crippen LogP contribution in [0.2, 0.25) is 0 Å². The molecule has 0 bridgehead atoms. The molecule has 0 unspecified atom stereocenters. The molecule has 0 aromatic carbocycles. The van der Waals surface area contributed by atoms with E-state index >= 15 is 0 Å². The molecule has 0 atom stereocenters. The van der Waals surface area contributed by atoms with Crippen LogP contribution in [0.15, 0.2) is 0 Å². The predicted octanol–water partition coefficient (Wildman–Crippen LogP) is 1.78. The zero-order chi connectivity index (χ0) is 8.69. The lowest BCUT2D eigenvalue weighted by atomic mass is 9.97. The van der Waals surface area contributed by atoms with Gasteiger partial charge in [0.2, 0.25) is 0 Å². The van der Waals surface area contributed by atoms with E-state index in [1.54, 1.807) is 0 Å². The van der Waals surface area contributed by atoms with E-state index in [0.29, 0.717) is 6.04 Å². The van der Waals surface area contributed by atoms with Gasteiger partial charge in [0, 0.05) is 13.0 Å². The third kappa shape index (κ3) is 9.56. The standard InChI is InChI=1S/C6H13N.C2H3FO/c7-6-4-2-1-3-5-6;1-2(3)4/h6H,1-5,7H2;1H3. The number of hydrogen-bond acceptors (Lipinski definition) is 2. The van der Waals surface area contributed by atoms with Gasteiger partial charge in [0.1, 0.15) is 0 Å². The van der Waals surface area contributed by atoms with Gasteiger partial charge in [-0.1, -0.05) is 19.3 Å². The van der Waals surface area contributed by atoms with Crippen LogP contribution < -0.4 is 5.73 Å². The Hall–Kier alpha value is -0.440. The van der Waals surface area contributed by atoms with Crippen LogP contribution in [0.1, 0.15) is 39.0 Å². The Bertz CT molecular complexity index is 107. The minimum absolute atomic E-state index is 0.536. The second-order valence-electron chi connectivity index (χ2n) is 2.87. The van der Waals surface area contributed by atoms with Gasteiger partial charge in [0.25, 0.3) is 6.04 Å². The molecule has 0 heterocycles. The highest BCUT2D eigenvalue weighted by Gasteiger charge is 2.06. The Morgan fingerprint density at radius 3 is 1.91 bits per heavy atom. The van der Waals surface area contributed by atoms with Crippen LogP contribution in [0.25, 0.3) is 0 Å². The van der Waals surface area contributed by atoms with E-state index in [-0.39, 0.29) is 0 Å². The number of halogens is 1. The molecular weight excluding hydrogens is 145 g/mol. The van der Waals surface area contributed by atoms with Gasteiger partial charge in [-0.15, -0.1) is 0 Å². The average molecular weight is 161 g/mol. The third-order valence-electron chi connectivity index (χ3n) is 1.65. The summed E-state index contributed by atoms with van der Waals surface area (Å²) in [6.45, 7) is 0.861. The fourth-order valence-electron chi connectivity index (χ4n) is 1.13. The molecule has 11 heavy (non-hydrogen) atoms. The van der Waals surface area contributed by atoms with Gasteiger partial charge in [-0.3, -0.25) is 4.79 Å². The van der Waals surface area contributed by atoms with Crippen LogP contribution in [-0.4, -0.2) is 12.1 Å². The highest BCUT2D eigenvalue weighted by Crippen LogP contribution is 2.14. The zero-order valence-corrected chi connectivity index (χ0v) is 6.98. The van der Waals surface area contributed by atoms with Gasteiger partial charge in [0.15, 0.2) is 0 Å². The monoisotopic (exact) mass is 161 g/mol. The van der Waals surface area contributed by atoms with Crippen molar-refractivity contribution in [3.05, 3.63) is 0 Å². The van der Waals surface area contributed by atoms with E-state index in [4.69, 9.17) is 10.5 Å². The second-order valence-corrected chi connectivity index (χ2v) is 2.87. The topological polar surface area (TPSA) is 43.1 Å². The van der Waals surface area contributed by atoms with Crippen molar-refractivity contribution >= 4 is 6.04 Å². The van der Waals surface area contributed by atoms with Gasteiger partial charge in [0.05, 0.1) is 0 Å². The maximum absolute atomic E-state index is 10.4. The highest BCUT2D eigenvalue weighted by molar-refractivity contribution is 5.64. The molecule has 0 aliphatic heterocycles. The Balaban J connectivity index is 0.000000218. The highest BCUT2D eigenvalue weighted by atomic mass is 19.1. The number of carbonyl (C=O) groups is 1. The zero-order valence-electron chi connectivity index (χ0n) is 6.98. The van der Waals surface area contributed by atoms with Crippen molar-refractivity contribution in [2.75, 3.05) is 0 Å². The molecule has 0 aromatic heterocycles. The lowest BCUT2D eigenvalue weighted by Crippen LogP contribution is -2.22. The number of carbonyl (C=O) groups excluding carboxylic acids is 1. The molecule has 1 aliphatic carbocycles. The van der Waals surface area contributed by atoms with E-state index in [1.807, 2.05) is 0 Å². The van der Waals surface area contributed by atoms with Crippen molar-refractivity contribution in [2.45, 2.75) is 45.1 Å². The van der Waals surface area contributed by atoms with E-state index in [0.717, 1.165) is 6.92 Å². The average Bonchev–Trinajstić information content (AvgIpc) is 1.87. The Morgan fingerprint density at radius 1 is 1.36 bits per heavy atom. The Labute approximate surface area is 67.0 Å². The van der Waals surface area contributed by atoms with Gasteiger partial charge >= 0.3 is 0 Å². The van der Waals surface area contributed by atoms with Crippen LogP contribution in [0.4, 0.5) is 4.39 Å². The summed E-state index contributed by atoms with van der Waals surface area (Å²) in [6, 6.07) is -0.797. The van der Waals surface area contributed by atoms with Crippen molar-refractivity contribution in [1.82, 2.24) is 0 Å². The van der Waals surface area contributed by atoms with Gasteiger partial charge < -0.3 is 5.73 Å². The van der Waals surface area contributed by atoms with Crippen LogP contribution >= 0.6 is 0 Å². The Morgan fingerprint density at radius 2 is 1.73 bits per heavy atom.